The van der Waals surface area contributed by atoms with Gasteiger partial charge in [-0.15, -0.1) is 0 Å². The van der Waals surface area contributed by atoms with Gasteiger partial charge in [0.25, 0.3) is 5.91 Å². The van der Waals surface area contributed by atoms with Gasteiger partial charge in [-0.25, -0.2) is 9.37 Å². The Morgan fingerprint density at radius 3 is 2.46 bits per heavy atom. The molecule has 0 aliphatic carbocycles. The van der Waals surface area contributed by atoms with Gasteiger partial charge in [0, 0.05) is 29.7 Å². The van der Waals surface area contributed by atoms with Gasteiger partial charge < -0.3 is 16.0 Å². The Bertz CT molecular complexity index is 994. The molecule has 3 rings (SSSR count). The Balaban J connectivity index is 1.69. The average molecular weight is 400 g/mol. The van der Waals surface area contributed by atoms with E-state index in [1.165, 1.54) is 12.1 Å². The van der Waals surface area contributed by atoms with Crippen molar-refractivity contribution in [3.63, 3.8) is 0 Å². The maximum Gasteiger partial charge on any atom is 0.257 e. The highest BCUT2D eigenvalue weighted by Crippen LogP contribution is 2.21. The van der Waals surface area contributed by atoms with Gasteiger partial charge in [-0.2, -0.15) is 4.98 Å². The lowest BCUT2D eigenvalue weighted by molar-refractivity contribution is 0.102. The molecule has 0 spiro atoms. The number of aromatic nitrogens is 2. The largest absolute Gasteiger partial charge is 0.354 e. The molecule has 0 saturated heterocycles. The van der Waals surface area contributed by atoms with E-state index in [-0.39, 0.29) is 10.6 Å². The van der Waals surface area contributed by atoms with Crippen molar-refractivity contribution in [2.45, 2.75) is 13.8 Å². The first-order valence-electron chi connectivity index (χ1n) is 8.67. The van der Waals surface area contributed by atoms with E-state index in [2.05, 4.69) is 25.9 Å². The molecule has 2 aromatic carbocycles. The van der Waals surface area contributed by atoms with Crippen molar-refractivity contribution in [1.82, 2.24) is 9.97 Å². The molecule has 0 atom stereocenters. The van der Waals surface area contributed by atoms with Crippen molar-refractivity contribution < 1.29 is 9.18 Å². The molecule has 3 N–H and O–H groups in total. The molecule has 0 aliphatic rings. The molecule has 0 unspecified atom stereocenters. The van der Waals surface area contributed by atoms with Crippen molar-refractivity contribution in [3.05, 3.63) is 70.6 Å². The third-order valence-corrected chi connectivity index (χ3v) is 4.09. The van der Waals surface area contributed by atoms with Crippen LogP contribution >= 0.6 is 11.6 Å². The minimum Gasteiger partial charge on any atom is -0.354 e. The number of rotatable bonds is 6. The third kappa shape index (κ3) is 4.95. The summed E-state index contributed by atoms with van der Waals surface area (Å²) in [6, 6.07) is 12.6. The Labute approximate surface area is 167 Å². The predicted molar refractivity (Wildman–Crippen MR) is 110 cm³/mol. The SMILES string of the molecule is CCNc1nc(C)cc(Nc2ccc(NC(=O)c3ccc(F)cc3Cl)cc2)n1. The Kier molecular flexibility index (Phi) is 6.06. The maximum absolute atomic E-state index is 13.1. The van der Waals surface area contributed by atoms with E-state index in [1.54, 1.807) is 12.1 Å². The summed E-state index contributed by atoms with van der Waals surface area (Å²) < 4.78 is 13.1. The number of anilines is 4. The molecule has 0 radical (unpaired) electrons. The van der Waals surface area contributed by atoms with Crippen molar-refractivity contribution in [1.29, 1.82) is 0 Å². The van der Waals surface area contributed by atoms with E-state index < -0.39 is 11.7 Å². The molecule has 144 valence electrons. The van der Waals surface area contributed by atoms with Gasteiger partial charge in [-0.05, 0) is 56.3 Å². The summed E-state index contributed by atoms with van der Waals surface area (Å²) in [5.41, 5.74) is 2.44. The van der Waals surface area contributed by atoms with Crippen LogP contribution in [0.3, 0.4) is 0 Å². The Morgan fingerprint density at radius 2 is 1.79 bits per heavy atom. The van der Waals surface area contributed by atoms with Crippen LogP contribution in [0.1, 0.15) is 23.0 Å². The molecule has 0 fully saturated rings. The second-order valence-corrected chi connectivity index (χ2v) is 6.44. The van der Waals surface area contributed by atoms with E-state index in [0.717, 1.165) is 24.0 Å². The molecular weight excluding hydrogens is 381 g/mol. The van der Waals surface area contributed by atoms with Crippen LogP contribution < -0.4 is 16.0 Å². The Hall–Kier alpha value is -3.19. The summed E-state index contributed by atoms with van der Waals surface area (Å²) in [5, 5.41) is 9.09. The third-order valence-electron chi connectivity index (χ3n) is 3.78. The van der Waals surface area contributed by atoms with Crippen molar-refractivity contribution in [2.75, 3.05) is 22.5 Å². The number of nitrogens with zero attached hydrogens (tertiary/aromatic N) is 2. The number of carbonyl (C=O) groups is 1. The van der Waals surface area contributed by atoms with Gasteiger partial charge >= 0.3 is 0 Å². The van der Waals surface area contributed by atoms with Gasteiger partial charge in [0.15, 0.2) is 0 Å². The monoisotopic (exact) mass is 399 g/mol. The second-order valence-electron chi connectivity index (χ2n) is 6.03. The topological polar surface area (TPSA) is 78.9 Å². The lowest BCUT2D eigenvalue weighted by Crippen LogP contribution is -2.12. The molecule has 1 heterocycles. The number of amides is 1. The van der Waals surface area contributed by atoms with Crippen LogP contribution in [0.5, 0.6) is 0 Å². The van der Waals surface area contributed by atoms with Gasteiger partial charge in [0.1, 0.15) is 11.6 Å². The maximum atomic E-state index is 13.1. The molecule has 0 saturated carbocycles. The first-order chi connectivity index (χ1) is 13.4. The average Bonchev–Trinajstić information content (AvgIpc) is 2.63. The second kappa shape index (κ2) is 8.67. The number of benzene rings is 2. The minimum atomic E-state index is -0.491. The molecule has 8 heteroatoms. The zero-order chi connectivity index (χ0) is 20.1. The summed E-state index contributed by atoms with van der Waals surface area (Å²) in [6.45, 7) is 4.60. The van der Waals surface area contributed by atoms with E-state index >= 15 is 0 Å². The van der Waals surface area contributed by atoms with Gasteiger partial charge in [0.2, 0.25) is 5.95 Å². The van der Waals surface area contributed by atoms with Crippen LogP contribution in [0.25, 0.3) is 0 Å². The Morgan fingerprint density at radius 1 is 1.07 bits per heavy atom. The van der Waals surface area contributed by atoms with Crippen LogP contribution in [-0.4, -0.2) is 22.4 Å². The van der Waals surface area contributed by atoms with Crippen molar-refractivity contribution >= 4 is 40.6 Å². The molecular formula is C20H19ClFN5O. The molecule has 0 aliphatic heterocycles. The summed E-state index contributed by atoms with van der Waals surface area (Å²) in [7, 11) is 0. The minimum absolute atomic E-state index is 0.0615. The van der Waals surface area contributed by atoms with Crippen LogP contribution in [0.15, 0.2) is 48.5 Å². The van der Waals surface area contributed by atoms with Crippen LogP contribution in [0.4, 0.5) is 27.5 Å². The fourth-order valence-electron chi connectivity index (χ4n) is 2.53. The van der Waals surface area contributed by atoms with Gasteiger partial charge in [0.05, 0.1) is 10.6 Å². The first kappa shape index (κ1) is 19.6. The van der Waals surface area contributed by atoms with Crippen molar-refractivity contribution in [3.8, 4) is 0 Å². The molecule has 6 nitrogen and oxygen atoms in total. The van der Waals surface area contributed by atoms with E-state index in [0.29, 0.717) is 17.5 Å². The standard InChI is InChI=1S/C20H19ClFN5O/c1-3-23-20-24-12(2)10-18(27-20)25-14-5-7-15(8-6-14)26-19(28)16-9-4-13(22)11-17(16)21/h4-11H,3H2,1-2H3,(H,26,28)(H2,23,24,25,27). The zero-order valence-corrected chi connectivity index (χ0v) is 16.1. The molecule has 1 aromatic heterocycles. The summed E-state index contributed by atoms with van der Waals surface area (Å²) >= 11 is 5.93. The summed E-state index contributed by atoms with van der Waals surface area (Å²) in [5.74, 6) is 0.324. The number of carbonyl (C=O) groups excluding carboxylic acids is 1. The fraction of sp³-hybridized carbons (Fsp3) is 0.150. The predicted octanol–water partition coefficient (Wildman–Crippen LogP) is 5.01. The normalized spacial score (nSPS) is 10.4. The number of nitrogens with one attached hydrogen (secondary N) is 3. The summed E-state index contributed by atoms with van der Waals surface area (Å²) in [4.78, 5) is 21.0. The summed E-state index contributed by atoms with van der Waals surface area (Å²) in [6.07, 6.45) is 0. The van der Waals surface area contributed by atoms with E-state index in [1.807, 2.05) is 32.0 Å². The molecule has 3 aromatic rings. The number of halogens is 2. The fourth-order valence-corrected chi connectivity index (χ4v) is 2.78. The highest BCUT2D eigenvalue weighted by Gasteiger charge is 2.11. The van der Waals surface area contributed by atoms with Crippen LogP contribution in [0.2, 0.25) is 5.02 Å². The smallest absolute Gasteiger partial charge is 0.257 e. The quantitative estimate of drug-likeness (QED) is 0.543. The van der Waals surface area contributed by atoms with Gasteiger partial charge in [-0.1, -0.05) is 11.6 Å². The lowest BCUT2D eigenvalue weighted by Gasteiger charge is -2.10. The van der Waals surface area contributed by atoms with E-state index in [4.69, 9.17) is 11.6 Å². The molecule has 1 amide bonds. The van der Waals surface area contributed by atoms with Crippen LogP contribution in [-0.2, 0) is 0 Å². The number of hydrogen-bond acceptors (Lipinski definition) is 5. The number of hydrogen-bond donors (Lipinski definition) is 3. The molecule has 0 bridgehead atoms. The molecule has 28 heavy (non-hydrogen) atoms. The first-order valence-corrected chi connectivity index (χ1v) is 9.05. The van der Waals surface area contributed by atoms with E-state index in [9.17, 15) is 9.18 Å². The van der Waals surface area contributed by atoms with Gasteiger partial charge in [-0.3, -0.25) is 4.79 Å². The zero-order valence-electron chi connectivity index (χ0n) is 15.4. The van der Waals surface area contributed by atoms with Crippen molar-refractivity contribution in [2.24, 2.45) is 0 Å². The van der Waals surface area contributed by atoms with Crippen LogP contribution in [0, 0.1) is 12.7 Å². The lowest BCUT2D eigenvalue weighted by atomic mass is 10.2. The highest BCUT2D eigenvalue weighted by atomic mass is 35.5. The highest BCUT2D eigenvalue weighted by molar-refractivity contribution is 6.34. The number of aryl methyl sites for hydroxylation is 1.